The Morgan fingerprint density at radius 1 is 1.24 bits per heavy atom. The van der Waals surface area contributed by atoms with Crippen LogP contribution in [0, 0.1) is 11.6 Å². The molecule has 1 aromatic carbocycles. The summed E-state index contributed by atoms with van der Waals surface area (Å²) in [5, 5.41) is 0. The van der Waals surface area contributed by atoms with Crippen molar-refractivity contribution in [3.63, 3.8) is 0 Å². The minimum atomic E-state index is -1.26. The molecular weight excluding hydrogens is 234 g/mol. The Hall–Kier alpha value is -1.98. The van der Waals surface area contributed by atoms with Crippen molar-refractivity contribution in [1.82, 2.24) is 0 Å². The summed E-state index contributed by atoms with van der Waals surface area (Å²) in [5.74, 6) is -4.37. The smallest absolute Gasteiger partial charge is 0.313 e. The predicted octanol–water partition coefficient (Wildman–Crippen LogP) is 1.72. The van der Waals surface area contributed by atoms with Crippen LogP contribution >= 0.6 is 0 Å². The van der Waals surface area contributed by atoms with Crippen LogP contribution in [-0.4, -0.2) is 26.0 Å². The number of ether oxygens (including phenoxy) is 2. The van der Waals surface area contributed by atoms with Crippen molar-refractivity contribution in [2.24, 2.45) is 0 Å². The first kappa shape index (κ1) is 13.1. The molecule has 6 heteroatoms. The van der Waals surface area contributed by atoms with Crippen molar-refractivity contribution in [1.29, 1.82) is 0 Å². The largest absolute Gasteiger partial charge is 0.493 e. The number of hydrogen-bond acceptors (Lipinski definition) is 4. The molecule has 1 aromatic rings. The molecule has 4 nitrogen and oxygen atoms in total. The van der Waals surface area contributed by atoms with Crippen LogP contribution in [0.1, 0.15) is 16.8 Å². The summed E-state index contributed by atoms with van der Waals surface area (Å²) in [6.07, 6.45) is -0.558. The summed E-state index contributed by atoms with van der Waals surface area (Å²) in [6, 6.07) is 1.85. The van der Waals surface area contributed by atoms with E-state index in [4.69, 9.17) is 0 Å². The maximum atomic E-state index is 13.3. The summed E-state index contributed by atoms with van der Waals surface area (Å²) in [4.78, 5) is 22.5. The van der Waals surface area contributed by atoms with Crippen LogP contribution in [0.25, 0.3) is 0 Å². The molecule has 0 saturated heterocycles. The predicted molar refractivity (Wildman–Crippen MR) is 53.9 cm³/mol. The highest BCUT2D eigenvalue weighted by Crippen LogP contribution is 2.25. The number of rotatable bonds is 4. The van der Waals surface area contributed by atoms with Gasteiger partial charge in [-0.1, -0.05) is 0 Å². The molecule has 0 heterocycles. The molecule has 1 rings (SSSR count). The van der Waals surface area contributed by atoms with Gasteiger partial charge in [0.2, 0.25) is 5.82 Å². The van der Waals surface area contributed by atoms with Crippen molar-refractivity contribution < 1.29 is 27.8 Å². The van der Waals surface area contributed by atoms with Gasteiger partial charge in [-0.25, -0.2) is 4.39 Å². The molecule has 0 radical (unpaired) electrons. The van der Waals surface area contributed by atoms with Gasteiger partial charge in [0, 0.05) is 0 Å². The number of ketones is 1. The monoisotopic (exact) mass is 244 g/mol. The minimum Gasteiger partial charge on any atom is -0.493 e. The minimum absolute atomic E-state index is 0.197. The second-order valence-corrected chi connectivity index (χ2v) is 3.12. The number of halogens is 2. The van der Waals surface area contributed by atoms with E-state index in [-0.39, 0.29) is 5.56 Å². The Morgan fingerprint density at radius 3 is 2.41 bits per heavy atom. The zero-order valence-corrected chi connectivity index (χ0v) is 9.25. The summed E-state index contributed by atoms with van der Waals surface area (Å²) >= 11 is 0. The Morgan fingerprint density at radius 2 is 1.88 bits per heavy atom. The summed E-state index contributed by atoms with van der Waals surface area (Å²) in [6.45, 7) is 0. The topological polar surface area (TPSA) is 52.6 Å². The first-order valence-electron chi connectivity index (χ1n) is 4.63. The Balaban J connectivity index is 3.10. The van der Waals surface area contributed by atoms with Crippen LogP contribution in [0.3, 0.4) is 0 Å². The van der Waals surface area contributed by atoms with Gasteiger partial charge in [0.25, 0.3) is 0 Å². The molecule has 0 bridgehead atoms. The number of esters is 1. The molecule has 17 heavy (non-hydrogen) atoms. The van der Waals surface area contributed by atoms with Gasteiger partial charge in [-0.05, 0) is 12.1 Å². The average Bonchev–Trinajstić information content (AvgIpc) is 2.31. The number of benzene rings is 1. The number of hydrogen-bond donors (Lipinski definition) is 0. The molecule has 0 saturated carbocycles. The molecule has 0 atom stereocenters. The van der Waals surface area contributed by atoms with Gasteiger partial charge < -0.3 is 9.47 Å². The number of Topliss-reactive ketones (excluding diaryl/α,β-unsaturated/α-hetero) is 1. The number of carbonyl (C=O) groups is 2. The van der Waals surface area contributed by atoms with Crippen LogP contribution < -0.4 is 4.74 Å². The Labute approximate surface area is 96.1 Å². The van der Waals surface area contributed by atoms with Gasteiger partial charge in [-0.15, -0.1) is 0 Å². The first-order chi connectivity index (χ1) is 8.01. The molecule has 0 aliphatic carbocycles. The van der Waals surface area contributed by atoms with E-state index < -0.39 is 35.6 Å². The summed E-state index contributed by atoms with van der Waals surface area (Å²) in [5.41, 5.74) is -0.197. The quantitative estimate of drug-likeness (QED) is 0.459. The van der Waals surface area contributed by atoms with E-state index in [0.29, 0.717) is 0 Å². The third-order valence-corrected chi connectivity index (χ3v) is 2.09. The fourth-order valence-electron chi connectivity index (χ4n) is 1.25. The van der Waals surface area contributed by atoms with Gasteiger partial charge in [0.1, 0.15) is 6.42 Å². The number of carbonyl (C=O) groups excluding carboxylic acids is 2. The highest BCUT2D eigenvalue weighted by Gasteiger charge is 2.21. The van der Waals surface area contributed by atoms with Gasteiger partial charge in [-0.2, -0.15) is 4.39 Å². The Bertz CT molecular complexity index is 457. The lowest BCUT2D eigenvalue weighted by Crippen LogP contribution is -2.11. The lowest BCUT2D eigenvalue weighted by Gasteiger charge is -2.08. The van der Waals surface area contributed by atoms with Crippen molar-refractivity contribution in [2.45, 2.75) is 6.42 Å². The second-order valence-electron chi connectivity index (χ2n) is 3.12. The third kappa shape index (κ3) is 2.77. The summed E-state index contributed by atoms with van der Waals surface area (Å²) < 4.78 is 35.1. The molecule has 0 unspecified atom stereocenters. The van der Waals surface area contributed by atoms with Gasteiger partial charge in [0.05, 0.1) is 19.8 Å². The Kier molecular flexibility index (Phi) is 4.14. The van der Waals surface area contributed by atoms with Crippen molar-refractivity contribution in [3.05, 3.63) is 29.3 Å². The maximum absolute atomic E-state index is 13.3. The van der Waals surface area contributed by atoms with Gasteiger partial charge >= 0.3 is 5.97 Å². The highest BCUT2D eigenvalue weighted by molar-refractivity contribution is 6.07. The second kappa shape index (κ2) is 5.38. The first-order valence-corrected chi connectivity index (χ1v) is 4.63. The molecule has 0 N–H and O–H groups in total. The van der Waals surface area contributed by atoms with Crippen LogP contribution in [0.2, 0.25) is 0 Å². The van der Waals surface area contributed by atoms with Crippen LogP contribution in [0.15, 0.2) is 12.1 Å². The van der Waals surface area contributed by atoms with Crippen LogP contribution in [0.5, 0.6) is 5.75 Å². The van der Waals surface area contributed by atoms with E-state index in [1.54, 1.807) is 0 Å². The fraction of sp³-hybridized carbons (Fsp3) is 0.273. The van der Waals surface area contributed by atoms with Crippen LogP contribution in [0.4, 0.5) is 8.78 Å². The van der Waals surface area contributed by atoms with Crippen molar-refractivity contribution in [3.8, 4) is 5.75 Å². The zero-order chi connectivity index (χ0) is 13.0. The highest BCUT2D eigenvalue weighted by atomic mass is 19.2. The van der Waals surface area contributed by atoms with Crippen LogP contribution in [-0.2, 0) is 9.53 Å². The molecule has 92 valence electrons. The maximum Gasteiger partial charge on any atom is 0.313 e. The van der Waals surface area contributed by atoms with E-state index in [1.807, 2.05) is 0 Å². The standard InChI is InChI=1S/C11H10F2O4/c1-16-9(15)5-8(14)6-3-4-7(12)10(13)11(6)17-2/h3-4H,5H2,1-2H3. The van der Waals surface area contributed by atoms with Gasteiger partial charge in [-0.3, -0.25) is 9.59 Å². The average molecular weight is 244 g/mol. The van der Waals surface area contributed by atoms with Gasteiger partial charge in [0.15, 0.2) is 17.3 Å². The number of methoxy groups -OCH3 is 2. The molecule has 0 aromatic heterocycles. The van der Waals surface area contributed by atoms with E-state index in [0.717, 1.165) is 26.4 Å². The molecule has 0 spiro atoms. The lowest BCUT2D eigenvalue weighted by atomic mass is 10.1. The molecule has 0 aliphatic heterocycles. The SMILES string of the molecule is COC(=O)CC(=O)c1ccc(F)c(F)c1OC. The van der Waals surface area contributed by atoms with E-state index in [1.165, 1.54) is 0 Å². The molecule has 0 amide bonds. The fourth-order valence-corrected chi connectivity index (χ4v) is 1.25. The molecular formula is C11H10F2O4. The molecule has 0 aliphatic rings. The van der Waals surface area contributed by atoms with E-state index in [9.17, 15) is 18.4 Å². The summed E-state index contributed by atoms with van der Waals surface area (Å²) in [7, 11) is 2.23. The third-order valence-electron chi connectivity index (χ3n) is 2.09. The van der Waals surface area contributed by atoms with E-state index in [2.05, 4.69) is 9.47 Å². The lowest BCUT2D eigenvalue weighted by molar-refractivity contribution is -0.139. The normalized spacial score (nSPS) is 9.88. The zero-order valence-electron chi connectivity index (χ0n) is 9.25. The van der Waals surface area contributed by atoms with Crippen molar-refractivity contribution in [2.75, 3.05) is 14.2 Å². The molecule has 0 fully saturated rings. The van der Waals surface area contributed by atoms with Crippen molar-refractivity contribution >= 4 is 11.8 Å². The van der Waals surface area contributed by atoms with E-state index >= 15 is 0 Å².